The van der Waals surface area contributed by atoms with E-state index in [9.17, 15) is 33.6 Å². The largest absolute Gasteiger partial charge is 0.481 e. The van der Waals surface area contributed by atoms with Gasteiger partial charge in [0.25, 0.3) is 0 Å². The van der Waals surface area contributed by atoms with Crippen LogP contribution in [0.15, 0.2) is 91.0 Å². The van der Waals surface area contributed by atoms with Crippen molar-refractivity contribution < 1.29 is 69.3 Å². The Kier molecular flexibility index (Phi) is 34.3. The molecule has 3 rings (SSSR count). The van der Waals surface area contributed by atoms with Gasteiger partial charge in [0.1, 0.15) is 30.2 Å². The van der Waals surface area contributed by atoms with Gasteiger partial charge in [-0.3, -0.25) is 39.0 Å². The molecule has 0 amide bonds. The Morgan fingerprint density at radius 1 is 0.484 bits per heavy atom. The normalized spacial score (nSPS) is 12.0. The number of nitrogens with one attached hydrogen (secondary N) is 2. The van der Waals surface area contributed by atoms with Crippen LogP contribution in [0.3, 0.4) is 0 Å². The first kappa shape index (κ1) is 59.3. The molecule has 344 valence electrons. The number of hydrogen-bond acceptors (Lipinski definition) is 14. The van der Waals surface area contributed by atoms with Gasteiger partial charge in [-0.15, -0.1) is 0 Å². The molecule has 0 aromatic heterocycles. The molecule has 3 aromatic carbocycles. The summed E-state index contributed by atoms with van der Waals surface area (Å²) in [6.07, 6.45) is 1.60. The van der Waals surface area contributed by atoms with Crippen molar-refractivity contribution in [3.63, 3.8) is 0 Å². The standard InChI is InChI=1S/3C9H11NO2.C6H14N4O2.C4H7NO4.C2H5NO2/c3*10-8(9(11)12)6-7-4-2-1-3-5-7;7-4(5(11)12)2-1-3-10-6(8)9;5-2(4(8)9)1-3(6)7;3-1-2(4)5/h3*1-5,8H,6,10H2,(H,11,12);4H,1-3,7H2,(H,11,12)(H4,8,9,10);2H,1,5H2,(H,6,7)(H,8,9);1,3H2,(H,4,5). The number of benzene rings is 3. The summed E-state index contributed by atoms with van der Waals surface area (Å²) >= 11 is 0. The van der Waals surface area contributed by atoms with E-state index in [-0.39, 0.29) is 12.5 Å². The molecule has 23 nitrogen and oxygen atoms in total. The van der Waals surface area contributed by atoms with Crippen molar-refractivity contribution in [1.29, 1.82) is 5.41 Å². The minimum Gasteiger partial charge on any atom is -0.481 e. The predicted octanol–water partition coefficient (Wildman–Crippen LogP) is -1.51. The molecule has 5 atom stereocenters. The first-order chi connectivity index (χ1) is 28.9. The lowest BCUT2D eigenvalue weighted by molar-refractivity contribution is -0.144. The van der Waals surface area contributed by atoms with Gasteiger partial charge in [0.15, 0.2) is 5.96 Å². The van der Waals surface area contributed by atoms with Crippen LogP contribution in [0.5, 0.6) is 0 Å². The van der Waals surface area contributed by atoms with E-state index in [1.807, 2.05) is 91.0 Å². The number of nitrogens with two attached hydrogens (primary N) is 7. The second-order valence-corrected chi connectivity index (χ2v) is 12.5. The van der Waals surface area contributed by atoms with Crippen LogP contribution in [-0.2, 0) is 52.8 Å². The minimum atomic E-state index is -1.29. The number of aliphatic carboxylic acids is 7. The van der Waals surface area contributed by atoms with Crippen LogP contribution in [0.25, 0.3) is 0 Å². The van der Waals surface area contributed by atoms with E-state index >= 15 is 0 Å². The van der Waals surface area contributed by atoms with Crippen molar-refractivity contribution in [1.82, 2.24) is 5.32 Å². The van der Waals surface area contributed by atoms with E-state index < -0.39 is 78.4 Å². The molecule has 5 unspecified atom stereocenters. The van der Waals surface area contributed by atoms with Gasteiger partial charge in [0.05, 0.1) is 13.0 Å². The molecule has 0 aliphatic heterocycles. The van der Waals surface area contributed by atoms with Gasteiger partial charge in [-0.2, -0.15) is 0 Å². The highest BCUT2D eigenvalue weighted by Gasteiger charge is 2.15. The summed E-state index contributed by atoms with van der Waals surface area (Å²) in [5.41, 5.74) is 38.5. The predicted molar refractivity (Wildman–Crippen MR) is 227 cm³/mol. The van der Waals surface area contributed by atoms with Crippen LogP contribution in [0.1, 0.15) is 36.0 Å². The number of rotatable bonds is 18. The zero-order chi connectivity index (χ0) is 48.2. The molecule has 23 N–H and O–H groups in total. The van der Waals surface area contributed by atoms with E-state index in [0.717, 1.165) is 16.7 Å². The van der Waals surface area contributed by atoms with Gasteiger partial charge in [-0.25, -0.2) is 0 Å². The fourth-order valence-corrected chi connectivity index (χ4v) is 3.81. The average Bonchev–Trinajstić information content (AvgIpc) is 3.21. The summed E-state index contributed by atoms with van der Waals surface area (Å²) in [6.45, 7) is 0.205. The first-order valence-electron chi connectivity index (χ1n) is 18.2. The SMILES string of the molecule is N=C(N)NCCCC(N)C(=O)O.NC(CC(=O)O)C(=O)O.NC(Cc1ccccc1)C(=O)O.NC(Cc1ccccc1)C(=O)O.NC(Cc1ccccc1)C(=O)O.NCC(=O)O. The fraction of sp³-hybridized carbons (Fsp3) is 0.333. The van der Waals surface area contributed by atoms with E-state index in [1.165, 1.54) is 0 Å². The van der Waals surface area contributed by atoms with Crippen LogP contribution in [0, 0.1) is 5.41 Å². The van der Waals surface area contributed by atoms with Crippen molar-refractivity contribution in [2.75, 3.05) is 13.1 Å². The second-order valence-electron chi connectivity index (χ2n) is 12.5. The summed E-state index contributed by atoms with van der Waals surface area (Å²) in [4.78, 5) is 70.2. The van der Waals surface area contributed by atoms with Crippen molar-refractivity contribution >= 4 is 47.7 Å². The Morgan fingerprint density at radius 3 is 0.952 bits per heavy atom. The van der Waals surface area contributed by atoms with Gasteiger partial charge >= 0.3 is 41.8 Å². The second kappa shape index (κ2) is 35.9. The molecule has 0 spiro atoms. The summed E-state index contributed by atoms with van der Waals surface area (Å²) in [6, 6.07) is 23.5. The van der Waals surface area contributed by atoms with Crippen LogP contribution in [0.2, 0.25) is 0 Å². The summed E-state index contributed by atoms with van der Waals surface area (Å²) in [7, 11) is 0. The highest BCUT2D eigenvalue weighted by atomic mass is 16.4. The molecule has 0 aliphatic carbocycles. The molecule has 23 heteroatoms. The lowest BCUT2D eigenvalue weighted by Crippen LogP contribution is -2.34. The van der Waals surface area contributed by atoms with Crippen molar-refractivity contribution in [2.24, 2.45) is 40.1 Å². The topological polar surface area (TPSA) is 479 Å². The van der Waals surface area contributed by atoms with Gasteiger partial charge in [0, 0.05) is 6.54 Å². The van der Waals surface area contributed by atoms with Gasteiger partial charge < -0.3 is 81.2 Å². The summed E-state index contributed by atoms with van der Waals surface area (Å²) in [5, 5.41) is 66.9. The molecule has 3 aromatic rings. The fourth-order valence-electron chi connectivity index (χ4n) is 3.81. The molecule has 0 saturated heterocycles. The maximum absolute atomic E-state index is 10.4. The molecule has 0 radical (unpaired) electrons. The summed E-state index contributed by atoms with van der Waals surface area (Å²) < 4.78 is 0. The maximum Gasteiger partial charge on any atom is 0.321 e. The molecule has 0 heterocycles. The van der Waals surface area contributed by atoms with Gasteiger partial charge in [-0.05, 0) is 48.8 Å². The van der Waals surface area contributed by atoms with Crippen LogP contribution >= 0.6 is 0 Å². The van der Waals surface area contributed by atoms with Crippen molar-refractivity contribution in [3.05, 3.63) is 108 Å². The lowest BCUT2D eigenvalue weighted by Gasteiger charge is -2.06. The molecular formula is C39H59N9O14. The van der Waals surface area contributed by atoms with E-state index in [2.05, 4.69) is 11.1 Å². The minimum absolute atomic E-state index is 0.112. The zero-order valence-corrected chi connectivity index (χ0v) is 33.7. The van der Waals surface area contributed by atoms with Gasteiger partial charge in [0.2, 0.25) is 0 Å². The number of hydrogen-bond donors (Lipinski definition) is 16. The van der Waals surface area contributed by atoms with E-state index in [4.69, 9.17) is 75.6 Å². The molecule has 0 saturated carbocycles. The van der Waals surface area contributed by atoms with E-state index in [0.29, 0.717) is 38.6 Å². The number of guanidine groups is 1. The number of carboxylic acids is 7. The zero-order valence-electron chi connectivity index (χ0n) is 33.7. The first-order valence-corrected chi connectivity index (χ1v) is 18.2. The Bertz CT molecular complexity index is 1620. The Morgan fingerprint density at radius 2 is 0.758 bits per heavy atom. The highest BCUT2D eigenvalue weighted by molar-refractivity contribution is 5.80. The molecule has 0 bridgehead atoms. The van der Waals surface area contributed by atoms with E-state index in [1.54, 1.807) is 0 Å². The van der Waals surface area contributed by atoms with Crippen molar-refractivity contribution in [3.8, 4) is 0 Å². The molecule has 62 heavy (non-hydrogen) atoms. The quantitative estimate of drug-likeness (QED) is 0.0392. The molecule has 0 fully saturated rings. The van der Waals surface area contributed by atoms with Crippen LogP contribution < -0.4 is 45.5 Å². The monoisotopic (exact) mass is 877 g/mol. The smallest absolute Gasteiger partial charge is 0.321 e. The van der Waals surface area contributed by atoms with Crippen LogP contribution in [-0.4, -0.2) is 127 Å². The summed E-state index contributed by atoms with van der Waals surface area (Å²) in [5.74, 6) is -7.46. The van der Waals surface area contributed by atoms with Crippen LogP contribution in [0.4, 0.5) is 0 Å². The highest BCUT2D eigenvalue weighted by Crippen LogP contribution is 2.03. The lowest BCUT2D eigenvalue weighted by atomic mass is 10.1. The van der Waals surface area contributed by atoms with Crippen molar-refractivity contribution in [2.45, 2.75) is 68.7 Å². The third-order valence-electron chi connectivity index (χ3n) is 7.06. The molecule has 0 aliphatic rings. The third kappa shape index (κ3) is 37.3. The Hall–Kier alpha value is -7.02. The number of carboxylic acid groups (broad SMARTS) is 7. The maximum atomic E-state index is 10.4. The third-order valence-corrected chi connectivity index (χ3v) is 7.06. The number of carbonyl (C=O) groups is 7. The Balaban J connectivity index is -0.000000685. The average molecular weight is 878 g/mol. The Labute approximate surface area is 357 Å². The molecular weight excluding hydrogens is 818 g/mol. The van der Waals surface area contributed by atoms with Gasteiger partial charge in [-0.1, -0.05) is 91.0 Å².